The van der Waals surface area contributed by atoms with Crippen molar-refractivity contribution in [2.24, 2.45) is 0 Å². The molecule has 0 radical (unpaired) electrons. The number of rotatable bonds is 37. The minimum atomic E-state index is -0.544. The Hall–Kier alpha value is -1.65. The first kappa shape index (κ1) is 45.3. The normalized spacial score (nSPS) is 12.8. The average Bonchev–Trinajstić information content (AvgIpc) is 3.08. The van der Waals surface area contributed by atoms with E-state index in [1.165, 1.54) is 128 Å². The number of hydrogen-bond donors (Lipinski definition) is 1. The number of hydrogen-bond acceptors (Lipinski definition) is 4. The van der Waals surface area contributed by atoms with Crippen molar-refractivity contribution in [2.75, 3.05) is 19.8 Å². The van der Waals surface area contributed by atoms with Crippen molar-refractivity contribution in [3.63, 3.8) is 0 Å². The van der Waals surface area contributed by atoms with Crippen molar-refractivity contribution in [1.29, 1.82) is 0 Å². The van der Waals surface area contributed by atoms with Gasteiger partial charge in [-0.1, -0.05) is 159 Å². The molecule has 1 atom stereocenters. The highest BCUT2D eigenvalue weighted by molar-refractivity contribution is 5.69. The first-order chi connectivity index (χ1) is 23.2. The fourth-order valence-corrected chi connectivity index (χ4v) is 5.56. The van der Waals surface area contributed by atoms with Crippen molar-refractivity contribution < 1.29 is 19.4 Å². The molecule has 0 spiro atoms. The summed E-state index contributed by atoms with van der Waals surface area (Å²) in [7, 11) is 0. The molecule has 0 saturated heterocycles. The van der Waals surface area contributed by atoms with Crippen molar-refractivity contribution >= 4 is 5.97 Å². The molecule has 274 valence electrons. The summed E-state index contributed by atoms with van der Waals surface area (Å²) in [6.07, 6.45) is 51.5. The average molecular weight is 659 g/mol. The molecule has 0 bridgehead atoms. The van der Waals surface area contributed by atoms with Gasteiger partial charge in [0.25, 0.3) is 0 Å². The fraction of sp³-hybridized carbons (Fsp3) is 0.791. The van der Waals surface area contributed by atoms with Crippen LogP contribution in [0.25, 0.3) is 0 Å². The number of aliphatic hydroxyl groups excluding tert-OH is 1. The van der Waals surface area contributed by atoms with Gasteiger partial charge in [-0.15, -0.1) is 0 Å². The number of esters is 1. The summed E-state index contributed by atoms with van der Waals surface area (Å²) in [5, 5.41) is 9.58. The molecule has 0 aromatic rings. The lowest BCUT2D eigenvalue weighted by molar-refractivity contribution is -0.154. The van der Waals surface area contributed by atoms with Gasteiger partial charge >= 0.3 is 5.97 Å². The molecule has 0 aromatic carbocycles. The third kappa shape index (κ3) is 38.7. The van der Waals surface area contributed by atoms with Crippen molar-refractivity contribution in [3.8, 4) is 0 Å². The van der Waals surface area contributed by atoms with E-state index in [1.54, 1.807) is 0 Å². The SMILES string of the molecule is CCCCC/C=C\C/C=C\C/C=C\CCCCCCCCC(=O)OC(CO)COCCCCCCCC/C=C\CCCCCCCC. The molecule has 0 rings (SSSR count). The van der Waals surface area contributed by atoms with E-state index in [-0.39, 0.29) is 19.2 Å². The number of aliphatic hydroxyl groups is 1. The molecular weight excluding hydrogens is 580 g/mol. The predicted octanol–water partition coefficient (Wildman–Crippen LogP) is 13.1. The molecule has 0 aliphatic heterocycles. The van der Waals surface area contributed by atoms with Crippen LogP contribution < -0.4 is 0 Å². The van der Waals surface area contributed by atoms with Crippen LogP contribution >= 0.6 is 0 Å². The highest BCUT2D eigenvalue weighted by Gasteiger charge is 2.13. The van der Waals surface area contributed by atoms with E-state index in [9.17, 15) is 9.90 Å². The van der Waals surface area contributed by atoms with Crippen LogP contribution in [-0.4, -0.2) is 37.0 Å². The van der Waals surface area contributed by atoms with Crippen LogP contribution in [-0.2, 0) is 14.3 Å². The summed E-state index contributed by atoms with van der Waals surface area (Å²) >= 11 is 0. The second kappa shape index (κ2) is 40.5. The summed E-state index contributed by atoms with van der Waals surface area (Å²) < 4.78 is 11.1. The third-order valence-corrected chi connectivity index (χ3v) is 8.63. The molecule has 1 unspecified atom stereocenters. The molecule has 0 aliphatic rings. The highest BCUT2D eigenvalue weighted by atomic mass is 16.6. The second-order valence-electron chi connectivity index (χ2n) is 13.3. The van der Waals surface area contributed by atoms with Gasteiger partial charge in [0.2, 0.25) is 0 Å². The maximum Gasteiger partial charge on any atom is 0.306 e. The summed E-state index contributed by atoms with van der Waals surface area (Å²) in [4.78, 5) is 12.2. The zero-order valence-electron chi connectivity index (χ0n) is 31.3. The maximum atomic E-state index is 12.2. The molecule has 0 aliphatic carbocycles. The van der Waals surface area contributed by atoms with Gasteiger partial charge in [-0.2, -0.15) is 0 Å². The lowest BCUT2D eigenvalue weighted by atomic mass is 10.1. The molecule has 0 fully saturated rings. The van der Waals surface area contributed by atoms with Gasteiger partial charge in [0, 0.05) is 13.0 Å². The van der Waals surface area contributed by atoms with Crippen molar-refractivity contribution in [2.45, 2.75) is 200 Å². The van der Waals surface area contributed by atoms with Gasteiger partial charge in [-0.25, -0.2) is 0 Å². The monoisotopic (exact) mass is 659 g/mol. The minimum absolute atomic E-state index is 0.180. The van der Waals surface area contributed by atoms with Crippen LogP contribution in [0.15, 0.2) is 48.6 Å². The zero-order valence-corrected chi connectivity index (χ0v) is 31.3. The quantitative estimate of drug-likeness (QED) is 0.0410. The minimum Gasteiger partial charge on any atom is -0.457 e. The molecule has 47 heavy (non-hydrogen) atoms. The number of allylic oxidation sites excluding steroid dienone is 8. The van der Waals surface area contributed by atoms with Gasteiger partial charge in [0.15, 0.2) is 0 Å². The molecular formula is C43H78O4. The van der Waals surface area contributed by atoms with Crippen LogP contribution in [0, 0.1) is 0 Å². The van der Waals surface area contributed by atoms with Crippen LogP contribution in [0.5, 0.6) is 0 Å². The molecule has 0 aromatic heterocycles. The van der Waals surface area contributed by atoms with E-state index in [0.29, 0.717) is 13.0 Å². The largest absolute Gasteiger partial charge is 0.457 e. The van der Waals surface area contributed by atoms with E-state index in [2.05, 4.69) is 62.5 Å². The zero-order chi connectivity index (χ0) is 34.1. The first-order valence-electron chi connectivity index (χ1n) is 20.2. The van der Waals surface area contributed by atoms with Crippen LogP contribution in [0.1, 0.15) is 194 Å². The lowest BCUT2D eigenvalue weighted by Gasteiger charge is -2.15. The summed E-state index contributed by atoms with van der Waals surface area (Å²) in [6.45, 7) is 5.29. The Bertz CT molecular complexity index is 738. The molecule has 0 heterocycles. The summed E-state index contributed by atoms with van der Waals surface area (Å²) in [6, 6.07) is 0. The molecule has 0 saturated carbocycles. The van der Waals surface area contributed by atoms with Gasteiger partial charge in [-0.3, -0.25) is 4.79 Å². The van der Waals surface area contributed by atoms with Gasteiger partial charge in [0.1, 0.15) is 6.10 Å². The Labute approximate surface area is 292 Å². The Balaban J connectivity index is 3.49. The fourth-order valence-electron chi connectivity index (χ4n) is 5.56. The van der Waals surface area contributed by atoms with E-state index in [1.807, 2.05) is 0 Å². The Kier molecular flexibility index (Phi) is 39.1. The van der Waals surface area contributed by atoms with Gasteiger partial charge in [-0.05, 0) is 77.0 Å². The van der Waals surface area contributed by atoms with E-state index in [4.69, 9.17) is 9.47 Å². The standard InChI is InChI=1S/C43H78O4/c1-3-5-7-9-11-13-15-17-19-21-22-23-24-26-28-30-32-34-36-38-43(45)47-42(40-44)41-46-39-37-35-33-31-29-27-25-20-18-16-14-12-10-8-6-4-2/h11,13,17-20,22-23,42,44H,3-10,12,14-16,21,24-41H2,1-2H3/b13-11-,19-17-,20-18-,23-22-. The highest BCUT2D eigenvalue weighted by Crippen LogP contribution is 2.12. The molecule has 1 N–H and O–H groups in total. The Morgan fingerprint density at radius 1 is 0.511 bits per heavy atom. The lowest BCUT2D eigenvalue weighted by Crippen LogP contribution is -2.27. The smallest absolute Gasteiger partial charge is 0.306 e. The Morgan fingerprint density at radius 2 is 0.894 bits per heavy atom. The third-order valence-electron chi connectivity index (χ3n) is 8.63. The van der Waals surface area contributed by atoms with Gasteiger partial charge < -0.3 is 14.6 Å². The van der Waals surface area contributed by atoms with E-state index < -0.39 is 6.10 Å². The number of ether oxygens (including phenoxy) is 2. The molecule has 0 amide bonds. The first-order valence-corrected chi connectivity index (χ1v) is 20.2. The van der Waals surface area contributed by atoms with Crippen LogP contribution in [0.4, 0.5) is 0 Å². The van der Waals surface area contributed by atoms with Crippen LogP contribution in [0.3, 0.4) is 0 Å². The van der Waals surface area contributed by atoms with E-state index >= 15 is 0 Å². The van der Waals surface area contributed by atoms with Crippen LogP contribution in [0.2, 0.25) is 0 Å². The van der Waals surface area contributed by atoms with Crippen molar-refractivity contribution in [1.82, 2.24) is 0 Å². The van der Waals surface area contributed by atoms with Gasteiger partial charge in [0.05, 0.1) is 13.2 Å². The summed E-state index contributed by atoms with van der Waals surface area (Å²) in [5.74, 6) is -0.216. The topological polar surface area (TPSA) is 55.8 Å². The predicted molar refractivity (Wildman–Crippen MR) is 205 cm³/mol. The number of carbonyl (C=O) groups is 1. The number of unbranched alkanes of at least 4 members (excludes halogenated alkanes) is 21. The summed E-state index contributed by atoms with van der Waals surface area (Å²) in [5.41, 5.74) is 0. The maximum absolute atomic E-state index is 12.2. The Morgan fingerprint density at radius 3 is 1.40 bits per heavy atom. The second-order valence-corrected chi connectivity index (χ2v) is 13.3. The van der Waals surface area contributed by atoms with Crippen molar-refractivity contribution in [3.05, 3.63) is 48.6 Å². The molecule has 4 nitrogen and oxygen atoms in total. The number of carbonyl (C=O) groups excluding carboxylic acids is 1. The van der Waals surface area contributed by atoms with E-state index in [0.717, 1.165) is 44.9 Å². The molecule has 4 heteroatoms.